The number of ether oxygens (including phenoxy) is 1. The third kappa shape index (κ3) is 4.58. The van der Waals surface area contributed by atoms with E-state index < -0.39 is 0 Å². The first-order valence-electron chi connectivity index (χ1n) is 9.50. The predicted octanol–water partition coefficient (Wildman–Crippen LogP) is 0.732. The van der Waals surface area contributed by atoms with Gasteiger partial charge in [0.25, 0.3) is 0 Å². The van der Waals surface area contributed by atoms with E-state index in [0.29, 0.717) is 45.9 Å². The van der Waals surface area contributed by atoms with Crippen molar-refractivity contribution in [2.24, 2.45) is 0 Å². The lowest BCUT2D eigenvalue weighted by Crippen LogP contribution is -2.49. The molecule has 0 radical (unpaired) electrons. The van der Waals surface area contributed by atoms with Gasteiger partial charge in [-0.3, -0.25) is 4.79 Å². The summed E-state index contributed by atoms with van der Waals surface area (Å²) in [6.45, 7) is 11.4. The van der Waals surface area contributed by atoms with Crippen LogP contribution in [0.1, 0.15) is 19.7 Å². The average Bonchev–Trinajstić information content (AvgIpc) is 2.68. The van der Waals surface area contributed by atoms with Crippen molar-refractivity contribution >= 4 is 23.6 Å². The lowest BCUT2D eigenvalue weighted by Gasteiger charge is -2.37. The molecule has 2 saturated heterocycles. The number of piperazine rings is 2. The average molecular weight is 376 g/mol. The minimum absolute atomic E-state index is 0.119. The molecule has 0 aromatic carbocycles. The summed E-state index contributed by atoms with van der Waals surface area (Å²) in [6, 6.07) is 2.01. The van der Waals surface area contributed by atoms with Crippen LogP contribution in [-0.2, 0) is 9.53 Å². The number of aryl methyl sites for hydroxylation is 1. The fourth-order valence-electron chi connectivity index (χ4n) is 3.44. The third-order valence-corrected chi connectivity index (χ3v) is 4.99. The van der Waals surface area contributed by atoms with Crippen LogP contribution in [0, 0.1) is 6.92 Å². The van der Waals surface area contributed by atoms with Gasteiger partial charge in [-0.15, -0.1) is 0 Å². The van der Waals surface area contributed by atoms with Crippen LogP contribution in [0.25, 0.3) is 0 Å². The summed E-state index contributed by atoms with van der Waals surface area (Å²) >= 11 is 0. The fraction of sp³-hybridized carbons (Fsp3) is 0.667. The summed E-state index contributed by atoms with van der Waals surface area (Å²) in [7, 11) is 0. The molecule has 9 heteroatoms. The molecule has 0 bridgehead atoms. The number of carbonyl (C=O) groups is 2. The number of amides is 2. The van der Waals surface area contributed by atoms with Gasteiger partial charge in [0.15, 0.2) is 0 Å². The summed E-state index contributed by atoms with van der Waals surface area (Å²) in [5.41, 5.74) is 0. The molecule has 2 aliphatic rings. The van der Waals surface area contributed by atoms with E-state index in [1.165, 1.54) is 0 Å². The van der Waals surface area contributed by atoms with Gasteiger partial charge in [-0.25, -0.2) is 14.8 Å². The quantitative estimate of drug-likeness (QED) is 0.769. The molecule has 0 spiro atoms. The zero-order chi connectivity index (χ0) is 19.4. The molecule has 3 rings (SSSR count). The van der Waals surface area contributed by atoms with E-state index in [-0.39, 0.29) is 12.0 Å². The summed E-state index contributed by atoms with van der Waals surface area (Å²) in [6.07, 6.45) is -0.250. The second kappa shape index (κ2) is 8.41. The largest absolute Gasteiger partial charge is 0.450 e. The Hall–Kier alpha value is -2.58. The first kappa shape index (κ1) is 19.2. The standard InChI is InChI=1S/C18H28N6O3/c1-4-27-18(26)24-11-9-23(10-12-24)17-13-16(19-14(2)20-17)22-7-5-21(6-8-22)15(3)25/h13H,4-12H2,1-3H3. The molecule has 0 aliphatic carbocycles. The van der Waals surface area contributed by atoms with Crippen LogP contribution in [-0.4, -0.2) is 90.7 Å². The first-order valence-corrected chi connectivity index (χ1v) is 9.50. The first-order chi connectivity index (χ1) is 13.0. The molecule has 0 saturated carbocycles. The Balaban J connectivity index is 1.64. The number of rotatable bonds is 3. The molecule has 9 nitrogen and oxygen atoms in total. The van der Waals surface area contributed by atoms with E-state index in [1.54, 1.807) is 11.8 Å². The van der Waals surface area contributed by atoms with Gasteiger partial charge in [-0.1, -0.05) is 0 Å². The van der Waals surface area contributed by atoms with E-state index in [0.717, 1.165) is 30.5 Å². The van der Waals surface area contributed by atoms with Crippen LogP contribution in [0.4, 0.5) is 16.4 Å². The second-order valence-electron chi connectivity index (χ2n) is 6.80. The molecule has 27 heavy (non-hydrogen) atoms. The van der Waals surface area contributed by atoms with Crippen LogP contribution in [0.5, 0.6) is 0 Å². The van der Waals surface area contributed by atoms with Crippen LogP contribution in [0.15, 0.2) is 6.07 Å². The molecule has 2 aliphatic heterocycles. The number of aromatic nitrogens is 2. The van der Waals surface area contributed by atoms with Gasteiger partial charge < -0.3 is 24.3 Å². The Kier molecular flexibility index (Phi) is 5.98. The van der Waals surface area contributed by atoms with E-state index in [2.05, 4.69) is 19.8 Å². The maximum absolute atomic E-state index is 11.9. The van der Waals surface area contributed by atoms with Crippen molar-refractivity contribution in [3.63, 3.8) is 0 Å². The van der Waals surface area contributed by atoms with Gasteiger partial charge in [0.05, 0.1) is 6.61 Å². The van der Waals surface area contributed by atoms with Gasteiger partial charge >= 0.3 is 6.09 Å². The zero-order valence-electron chi connectivity index (χ0n) is 16.3. The van der Waals surface area contributed by atoms with E-state index in [1.807, 2.05) is 24.8 Å². The Morgan fingerprint density at radius 1 is 0.926 bits per heavy atom. The molecular weight excluding hydrogens is 348 g/mol. The molecule has 0 N–H and O–H groups in total. The number of hydrogen-bond acceptors (Lipinski definition) is 7. The van der Waals surface area contributed by atoms with Crippen LogP contribution in [0.2, 0.25) is 0 Å². The van der Waals surface area contributed by atoms with Crippen molar-refractivity contribution in [3.8, 4) is 0 Å². The summed E-state index contributed by atoms with van der Waals surface area (Å²) < 4.78 is 5.07. The summed E-state index contributed by atoms with van der Waals surface area (Å²) in [4.78, 5) is 40.5. The maximum atomic E-state index is 11.9. The number of carbonyl (C=O) groups excluding carboxylic acids is 2. The van der Waals surface area contributed by atoms with Crippen molar-refractivity contribution in [2.75, 3.05) is 68.8 Å². The van der Waals surface area contributed by atoms with Gasteiger partial charge in [-0.05, 0) is 13.8 Å². The SMILES string of the molecule is CCOC(=O)N1CCN(c2cc(N3CCN(C(C)=O)CC3)nc(C)n2)CC1. The Morgan fingerprint density at radius 3 is 1.85 bits per heavy atom. The number of anilines is 2. The topological polar surface area (TPSA) is 82.1 Å². The smallest absolute Gasteiger partial charge is 0.409 e. The highest BCUT2D eigenvalue weighted by Crippen LogP contribution is 2.22. The molecule has 0 unspecified atom stereocenters. The predicted molar refractivity (Wildman–Crippen MR) is 102 cm³/mol. The maximum Gasteiger partial charge on any atom is 0.409 e. The summed E-state index contributed by atoms with van der Waals surface area (Å²) in [5.74, 6) is 2.63. The van der Waals surface area contributed by atoms with Gasteiger partial charge in [0.2, 0.25) is 5.91 Å². The molecule has 1 aromatic rings. The van der Waals surface area contributed by atoms with E-state index >= 15 is 0 Å². The zero-order valence-corrected chi connectivity index (χ0v) is 16.3. The second-order valence-corrected chi connectivity index (χ2v) is 6.80. The minimum Gasteiger partial charge on any atom is -0.450 e. The third-order valence-electron chi connectivity index (χ3n) is 4.99. The molecule has 2 fully saturated rings. The van der Waals surface area contributed by atoms with E-state index in [4.69, 9.17) is 4.74 Å². The number of nitrogens with zero attached hydrogens (tertiary/aromatic N) is 6. The highest BCUT2D eigenvalue weighted by atomic mass is 16.6. The van der Waals surface area contributed by atoms with Crippen molar-refractivity contribution in [2.45, 2.75) is 20.8 Å². The molecule has 1 aromatic heterocycles. The lowest BCUT2D eigenvalue weighted by atomic mass is 10.3. The highest BCUT2D eigenvalue weighted by Gasteiger charge is 2.25. The van der Waals surface area contributed by atoms with Crippen LogP contribution in [0.3, 0.4) is 0 Å². The van der Waals surface area contributed by atoms with Crippen molar-refractivity contribution in [3.05, 3.63) is 11.9 Å². The van der Waals surface area contributed by atoms with Crippen molar-refractivity contribution in [1.29, 1.82) is 0 Å². The lowest BCUT2D eigenvalue weighted by molar-refractivity contribution is -0.129. The van der Waals surface area contributed by atoms with Crippen LogP contribution >= 0.6 is 0 Å². The van der Waals surface area contributed by atoms with Crippen molar-refractivity contribution < 1.29 is 14.3 Å². The molecule has 3 heterocycles. The monoisotopic (exact) mass is 376 g/mol. The van der Waals surface area contributed by atoms with Gasteiger partial charge in [0, 0.05) is 65.3 Å². The summed E-state index contributed by atoms with van der Waals surface area (Å²) in [5, 5.41) is 0. The minimum atomic E-state index is -0.250. The van der Waals surface area contributed by atoms with Gasteiger partial charge in [0.1, 0.15) is 17.5 Å². The molecule has 2 amide bonds. The Labute approximate surface area is 159 Å². The normalized spacial score (nSPS) is 17.9. The Morgan fingerprint density at radius 2 is 1.41 bits per heavy atom. The van der Waals surface area contributed by atoms with Gasteiger partial charge in [-0.2, -0.15) is 0 Å². The highest BCUT2D eigenvalue weighted by molar-refractivity contribution is 5.73. The van der Waals surface area contributed by atoms with Crippen LogP contribution < -0.4 is 9.80 Å². The molecular formula is C18H28N6O3. The number of hydrogen-bond donors (Lipinski definition) is 0. The molecule has 0 atom stereocenters. The fourth-order valence-corrected chi connectivity index (χ4v) is 3.44. The molecule has 148 valence electrons. The van der Waals surface area contributed by atoms with Crippen molar-refractivity contribution in [1.82, 2.24) is 19.8 Å². The van der Waals surface area contributed by atoms with E-state index in [9.17, 15) is 9.59 Å². The Bertz CT molecular complexity index is 682.